The molecule has 0 aromatic heterocycles. The normalized spacial score (nSPS) is 10.5. The molecule has 0 atom stereocenters. The summed E-state index contributed by atoms with van der Waals surface area (Å²) < 4.78 is 36.9. The van der Waals surface area contributed by atoms with Crippen LogP contribution >= 0.6 is 0 Å². The van der Waals surface area contributed by atoms with Crippen molar-refractivity contribution in [1.82, 2.24) is 5.32 Å². The molecule has 21 heavy (non-hydrogen) atoms. The van der Waals surface area contributed by atoms with Crippen LogP contribution in [0, 0.1) is 11.6 Å². The summed E-state index contributed by atoms with van der Waals surface area (Å²) in [5.41, 5.74) is 1.26. The van der Waals surface area contributed by atoms with Gasteiger partial charge in [-0.3, -0.25) is 0 Å². The summed E-state index contributed by atoms with van der Waals surface area (Å²) in [5.74, 6) is -0.358. The Labute approximate surface area is 122 Å². The van der Waals surface area contributed by atoms with Gasteiger partial charge in [-0.25, -0.2) is 8.78 Å². The molecular weight excluding hydrogens is 276 g/mol. The Kier molecular flexibility index (Phi) is 5.11. The summed E-state index contributed by atoms with van der Waals surface area (Å²) in [7, 11) is 3.14. The fourth-order valence-electron chi connectivity index (χ4n) is 2.02. The average molecular weight is 293 g/mol. The minimum absolute atomic E-state index is 0.248. The maximum absolute atomic E-state index is 13.5. The predicted molar refractivity (Wildman–Crippen MR) is 76.4 cm³/mol. The summed E-state index contributed by atoms with van der Waals surface area (Å²) >= 11 is 0. The van der Waals surface area contributed by atoms with E-state index in [0.717, 1.165) is 11.6 Å². The fraction of sp³-hybridized carbons (Fsp3) is 0.250. The number of hydrogen-bond donors (Lipinski definition) is 1. The minimum Gasteiger partial charge on any atom is -0.493 e. The number of hydrogen-bond acceptors (Lipinski definition) is 3. The van der Waals surface area contributed by atoms with Gasteiger partial charge in [0.1, 0.15) is 0 Å². The molecule has 0 radical (unpaired) electrons. The van der Waals surface area contributed by atoms with E-state index in [2.05, 4.69) is 5.32 Å². The van der Waals surface area contributed by atoms with E-state index >= 15 is 0 Å². The van der Waals surface area contributed by atoms with Crippen LogP contribution in [0.3, 0.4) is 0 Å². The Bertz CT molecular complexity index is 617. The molecule has 0 aliphatic heterocycles. The number of benzene rings is 2. The third kappa shape index (κ3) is 3.70. The van der Waals surface area contributed by atoms with Gasteiger partial charge in [-0.2, -0.15) is 0 Å². The molecule has 5 heteroatoms. The van der Waals surface area contributed by atoms with Crippen LogP contribution in [0.1, 0.15) is 11.1 Å². The van der Waals surface area contributed by atoms with Crippen molar-refractivity contribution in [2.24, 2.45) is 0 Å². The van der Waals surface area contributed by atoms with E-state index in [0.29, 0.717) is 23.6 Å². The van der Waals surface area contributed by atoms with Gasteiger partial charge in [0, 0.05) is 18.7 Å². The zero-order valence-corrected chi connectivity index (χ0v) is 12.0. The fourth-order valence-corrected chi connectivity index (χ4v) is 2.02. The second-order valence-electron chi connectivity index (χ2n) is 4.51. The molecule has 0 unspecified atom stereocenters. The van der Waals surface area contributed by atoms with E-state index in [1.165, 1.54) is 6.07 Å². The van der Waals surface area contributed by atoms with Crippen molar-refractivity contribution in [3.8, 4) is 11.5 Å². The Morgan fingerprint density at radius 3 is 2.43 bits per heavy atom. The third-order valence-corrected chi connectivity index (χ3v) is 3.12. The highest BCUT2D eigenvalue weighted by Gasteiger charge is 2.08. The lowest BCUT2D eigenvalue weighted by molar-refractivity contribution is 0.354. The molecule has 0 aliphatic carbocycles. The van der Waals surface area contributed by atoms with Crippen LogP contribution in [0.5, 0.6) is 11.5 Å². The van der Waals surface area contributed by atoms with Crippen LogP contribution < -0.4 is 14.8 Å². The van der Waals surface area contributed by atoms with E-state index in [1.54, 1.807) is 26.4 Å². The molecule has 1 N–H and O–H groups in total. The number of methoxy groups -OCH3 is 2. The number of ether oxygens (including phenoxy) is 2. The van der Waals surface area contributed by atoms with Crippen molar-refractivity contribution in [2.75, 3.05) is 14.2 Å². The molecular formula is C16H17F2NO2. The lowest BCUT2D eigenvalue weighted by Gasteiger charge is -2.10. The Morgan fingerprint density at radius 2 is 1.71 bits per heavy atom. The van der Waals surface area contributed by atoms with Gasteiger partial charge in [0.05, 0.1) is 14.2 Å². The molecule has 0 amide bonds. The SMILES string of the molecule is COc1ccc(CNCc2cccc(F)c2F)cc1OC. The molecule has 112 valence electrons. The highest BCUT2D eigenvalue weighted by atomic mass is 19.2. The van der Waals surface area contributed by atoms with Gasteiger partial charge >= 0.3 is 0 Å². The van der Waals surface area contributed by atoms with Gasteiger partial charge in [-0.15, -0.1) is 0 Å². The first kappa shape index (κ1) is 15.3. The number of nitrogens with one attached hydrogen (secondary N) is 1. The van der Waals surface area contributed by atoms with Crippen LogP contribution in [0.4, 0.5) is 8.78 Å². The standard InChI is InChI=1S/C16H17F2NO2/c1-20-14-7-6-11(8-15(14)21-2)9-19-10-12-4-3-5-13(17)16(12)18/h3-8,19H,9-10H2,1-2H3. The van der Waals surface area contributed by atoms with Crippen molar-refractivity contribution in [3.05, 3.63) is 59.2 Å². The molecule has 0 saturated carbocycles. The largest absolute Gasteiger partial charge is 0.493 e. The lowest BCUT2D eigenvalue weighted by Crippen LogP contribution is -2.14. The first-order valence-electron chi connectivity index (χ1n) is 6.50. The summed E-state index contributed by atoms with van der Waals surface area (Å²) in [5, 5.41) is 3.07. The van der Waals surface area contributed by atoms with E-state index < -0.39 is 11.6 Å². The quantitative estimate of drug-likeness (QED) is 0.886. The molecule has 0 aliphatic rings. The highest BCUT2D eigenvalue weighted by Crippen LogP contribution is 2.27. The molecule has 0 spiro atoms. The van der Waals surface area contributed by atoms with E-state index in [1.807, 2.05) is 12.1 Å². The molecule has 0 fully saturated rings. The summed E-state index contributed by atoms with van der Waals surface area (Å²) in [6.07, 6.45) is 0. The van der Waals surface area contributed by atoms with Crippen molar-refractivity contribution < 1.29 is 18.3 Å². The van der Waals surface area contributed by atoms with Crippen molar-refractivity contribution >= 4 is 0 Å². The van der Waals surface area contributed by atoms with E-state index in [9.17, 15) is 8.78 Å². The molecule has 3 nitrogen and oxygen atoms in total. The summed E-state index contributed by atoms with van der Waals surface area (Å²) in [6.45, 7) is 0.758. The van der Waals surface area contributed by atoms with Gasteiger partial charge in [0.2, 0.25) is 0 Å². The van der Waals surface area contributed by atoms with Gasteiger partial charge < -0.3 is 14.8 Å². The Morgan fingerprint density at radius 1 is 0.952 bits per heavy atom. The smallest absolute Gasteiger partial charge is 0.163 e. The summed E-state index contributed by atoms with van der Waals surface area (Å²) in [4.78, 5) is 0. The second kappa shape index (κ2) is 7.04. The Balaban J connectivity index is 1.99. The molecule has 0 bridgehead atoms. The molecule has 2 rings (SSSR count). The average Bonchev–Trinajstić information content (AvgIpc) is 2.51. The molecule has 2 aromatic carbocycles. The highest BCUT2D eigenvalue weighted by molar-refractivity contribution is 5.42. The number of rotatable bonds is 6. The van der Waals surface area contributed by atoms with Crippen LogP contribution in [0.25, 0.3) is 0 Å². The van der Waals surface area contributed by atoms with Crippen LogP contribution in [0.2, 0.25) is 0 Å². The van der Waals surface area contributed by atoms with Gasteiger partial charge in [-0.05, 0) is 23.8 Å². The zero-order valence-electron chi connectivity index (χ0n) is 12.0. The second-order valence-corrected chi connectivity index (χ2v) is 4.51. The Hall–Kier alpha value is -2.14. The lowest BCUT2D eigenvalue weighted by atomic mass is 10.1. The first-order chi connectivity index (χ1) is 10.2. The van der Waals surface area contributed by atoms with Gasteiger partial charge in [0.25, 0.3) is 0 Å². The molecule has 2 aromatic rings. The number of halogens is 2. The van der Waals surface area contributed by atoms with Crippen molar-refractivity contribution in [1.29, 1.82) is 0 Å². The van der Waals surface area contributed by atoms with E-state index in [-0.39, 0.29) is 6.54 Å². The monoisotopic (exact) mass is 293 g/mol. The maximum atomic E-state index is 13.5. The van der Waals surface area contributed by atoms with Crippen LogP contribution in [-0.2, 0) is 13.1 Å². The maximum Gasteiger partial charge on any atom is 0.163 e. The third-order valence-electron chi connectivity index (χ3n) is 3.12. The molecule has 0 saturated heterocycles. The first-order valence-corrected chi connectivity index (χ1v) is 6.50. The van der Waals surface area contributed by atoms with Crippen molar-refractivity contribution in [3.63, 3.8) is 0 Å². The minimum atomic E-state index is -0.833. The van der Waals surface area contributed by atoms with Crippen LogP contribution in [-0.4, -0.2) is 14.2 Å². The van der Waals surface area contributed by atoms with Crippen LogP contribution in [0.15, 0.2) is 36.4 Å². The molecule has 0 heterocycles. The van der Waals surface area contributed by atoms with Gasteiger partial charge in [-0.1, -0.05) is 18.2 Å². The zero-order chi connectivity index (χ0) is 15.2. The van der Waals surface area contributed by atoms with E-state index in [4.69, 9.17) is 9.47 Å². The topological polar surface area (TPSA) is 30.5 Å². The van der Waals surface area contributed by atoms with Gasteiger partial charge in [0.15, 0.2) is 23.1 Å². The van der Waals surface area contributed by atoms with Crippen molar-refractivity contribution in [2.45, 2.75) is 13.1 Å². The predicted octanol–water partition coefficient (Wildman–Crippen LogP) is 3.27. The summed E-state index contributed by atoms with van der Waals surface area (Å²) in [6, 6.07) is 9.68.